The molecule has 1 aromatic carbocycles. The van der Waals surface area contributed by atoms with Crippen LogP contribution in [0.2, 0.25) is 0 Å². The topological polar surface area (TPSA) is 38.8 Å². The summed E-state index contributed by atoms with van der Waals surface area (Å²) in [6.07, 6.45) is 1.89. The lowest BCUT2D eigenvalue weighted by atomic mass is 10.2. The highest BCUT2D eigenvalue weighted by molar-refractivity contribution is 9.10. The summed E-state index contributed by atoms with van der Waals surface area (Å²) in [5.74, 6) is -0.309. The van der Waals surface area contributed by atoms with Crippen molar-refractivity contribution in [2.24, 2.45) is 0 Å². The number of carbonyl (C=O) groups is 1. The van der Waals surface area contributed by atoms with Gasteiger partial charge in [-0.25, -0.2) is 9.68 Å². The van der Waals surface area contributed by atoms with Crippen LogP contribution >= 0.6 is 15.9 Å². The van der Waals surface area contributed by atoms with Crippen LogP contribution in [0.1, 0.15) is 30.1 Å². The predicted octanol–water partition coefficient (Wildman–Crippen LogP) is 3.18. The quantitative estimate of drug-likeness (QED) is 0.598. The van der Waals surface area contributed by atoms with Crippen molar-refractivity contribution >= 4 is 21.8 Å². The molecule has 0 unspecified atom stereocenters. The van der Waals surface area contributed by atoms with Crippen molar-refractivity contribution in [2.75, 3.05) is 13.7 Å². The van der Waals surface area contributed by atoms with E-state index in [1.807, 2.05) is 0 Å². The largest absolute Gasteiger partial charge is 0.303 e. The van der Waals surface area contributed by atoms with Crippen LogP contribution in [-0.4, -0.2) is 24.9 Å². The Bertz CT molecular complexity index is 353. The van der Waals surface area contributed by atoms with Crippen molar-refractivity contribution < 1.29 is 14.5 Å². The molecule has 0 aliphatic carbocycles. The number of benzene rings is 1. The fourth-order valence-corrected chi connectivity index (χ4v) is 1.45. The fraction of sp³-hybridized carbons (Fsp3) is 0.417. The average Bonchev–Trinajstić information content (AvgIpc) is 2.35. The standard InChI is InChI=1S/C12H16BrNO3/c1-3-4-9-17-14(16-2)12(15)10-5-7-11(13)8-6-10/h5-8H,3-4,9H2,1-2H3. The smallest absolute Gasteiger partial charge is 0.264 e. The lowest BCUT2D eigenvalue weighted by Crippen LogP contribution is -2.30. The zero-order chi connectivity index (χ0) is 12.7. The zero-order valence-corrected chi connectivity index (χ0v) is 11.6. The number of hydrogen-bond donors (Lipinski definition) is 0. The Hall–Kier alpha value is -0.910. The lowest BCUT2D eigenvalue weighted by molar-refractivity contribution is -0.314. The third kappa shape index (κ3) is 4.46. The summed E-state index contributed by atoms with van der Waals surface area (Å²) < 4.78 is 0.921. The molecule has 0 radical (unpaired) electrons. The van der Waals surface area contributed by atoms with Gasteiger partial charge in [0.05, 0.1) is 13.7 Å². The Labute approximate surface area is 110 Å². The first-order valence-electron chi connectivity index (χ1n) is 5.46. The molecule has 0 atom stereocenters. The van der Waals surface area contributed by atoms with Gasteiger partial charge in [0.25, 0.3) is 0 Å². The molecule has 0 spiro atoms. The van der Waals surface area contributed by atoms with Crippen LogP contribution < -0.4 is 0 Å². The Balaban J connectivity index is 2.62. The number of amides is 1. The van der Waals surface area contributed by atoms with E-state index in [-0.39, 0.29) is 5.91 Å². The van der Waals surface area contributed by atoms with E-state index in [0.29, 0.717) is 12.2 Å². The minimum Gasteiger partial charge on any atom is -0.264 e. The van der Waals surface area contributed by atoms with E-state index in [1.165, 1.54) is 7.11 Å². The molecule has 94 valence electrons. The molecule has 5 heteroatoms. The first-order valence-corrected chi connectivity index (χ1v) is 6.25. The minimum atomic E-state index is -0.309. The van der Waals surface area contributed by atoms with Crippen LogP contribution in [0.5, 0.6) is 0 Å². The van der Waals surface area contributed by atoms with E-state index in [1.54, 1.807) is 24.3 Å². The van der Waals surface area contributed by atoms with E-state index in [4.69, 9.17) is 9.68 Å². The maximum Gasteiger partial charge on any atom is 0.303 e. The monoisotopic (exact) mass is 301 g/mol. The second-order valence-electron chi connectivity index (χ2n) is 3.44. The first-order chi connectivity index (χ1) is 8.19. The van der Waals surface area contributed by atoms with Gasteiger partial charge in [0.15, 0.2) is 0 Å². The number of hydroxylamine groups is 2. The van der Waals surface area contributed by atoms with Crippen LogP contribution in [0.4, 0.5) is 0 Å². The maximum atomic E-state index is 11.9. The molecular weight excluding hydrogens is 286 g/mol. The second-order valence-corrected chi connectivity index (χ2v) is 4.35. The molecule has 4 nitrogen and oxygen atoms in total. The van der Waals surface area contributed by atoms with Gasteiger partial charge in [-0.15, -0.1) is 0 Å². The molecule has 1 aromatic rings. The van der Waals surface area contributed by atoms with E-state index in [2.05, 4.69) is 22.9 Å². The molecule has 17 heavy (non-hydrogen) atoms. The van der Waals surface area contributed by atoms with Crippen LogP contribution in [-0.2, 0) is 9.68 Å². The van der Waals surface area contributed by atoms with Gasteiger partial charge in [-0.1, -0.05) is 34.5 Å². The average molecular weight is 302 g/mol. The van der Waals surface area contributed by atoms with Crippen molar-refractivity contribution in [3.8, 4) is 0 Å². The summed E-state index contributed by atoms with van der Waals surface area (Å²) >= 11 is 3.31. The third-order valence-electron chi connectivity index (χ3n) is 2.13. The Morgan fingerprint density at radius 1 is 1.35 bits per heavy atom. The zero-order valence-electron chi connectivity index (χ0n) is 9.98. The number of nitrogens with zero attached hydrogens (tertiary/aromatic N) is 1. The molecule has 0 aliphatic rings. The van der Waals surface area contributed by atoms with Gasteiger partial charge in [-0.05, 0) is 30.7 Å². The molecule has 0 aliphatic heterocycles. The van der Waals surface area contributed by atoms with Gasteiger partial charge in [0.2, 0.25) is 0 Å². The van der Waals surface area contributed by atoms with E-state index < -0.39 is 0 Å². The Kier molecular flexibility index (Phi) is 6.18. The third-order valence-corrected chi connectivity index (χ3v) is 2.66. The number of rotatable bonds is 6. The summed E-state index contributed by atoms with van der Waals surface area (Å²) in [7, 11) is 1.41. The van der Waals surface area contributed by atoms with Gasteiger partial charge in [-0.3, -0.25) is 4.79 Å². The number of unbranched alkanes of at least 4 members (excludes halogenated alkanes) is 1. The van der Waals surface area contributed by atoms with Crippen molar-refractivity contribution in [1.29, 1.82) is 0 Å². The van der Waals surface area contributed by atoms with Crippen LogP contribution in [0.3, 0.4) is 0 Å². The van der Waals surface area contributed by atoms with Gasteiger partial charge in [-0.2, -0.15) is 0 Å². The van der Waals surface area contributed by atoms with E-state index in [0.717, 1.165) is 22.5 Å². The molecule has 1 rings (SSSR count). The molecule has 0 heterocycles. The number of carbonyl (C=O) groups excluding carboxylic acids is 1. The van der Waals surface area contributed by atoms with Crippen molar-refractivity contribution in [3.63, 3.8) is 0 Å². The highest BCUT2D eigenvalue weighted by Gasteiger charge is 2.16. The highest BCUT2D eigenvalue weighted by atomic mass is 79.9. The molecule has 0 bridgehead atoms. The molecule has 0 N–H and O–H groups in total. The van der Waals surface area contributed by atoms with E-state index >= 15 is 0 Å². The second kappa shape index (κ2) is 7.42. The van der Waals surface area contributed by atoms with Crippen LogP contribution in [0.25, 0.3) is 0 Å². The van der Waals surface area contributed by atoms with Gasteiger partial charge < -0.3 is 0 Å². The summed E-state index contributed by atoms with van der Waals surface area (Å²) in [6.45, 7) is 2.52. The molecule has 1 amide bonds. The summed E-state index contributed by atoms with van der Waals surface area (Å²) in [6, 6.07) is 7.02. The Morgan fingerprint density at radius 3 is 2.53 bits per heavy atom. The van der Waals surface area contributed by atoms with Gasteiger partial charge >= 0.3 is 5.91 Å². The summed E-state index contributed by atoms with van der Waals surface area (Å²) in [5, 5.41) is 0.916. The van der Waals surface area contributed by atoms with Crippen LogP contribution in [0, 0.1) is 0 Å². The molecule has 0 saturated carbocycles. The fourth-order valence-electron chi connectivity index (χ4n) is 1.18. The van der Waals surface area contributed by atoms with Crippen molar-refractivity contribution in [2.45, 2.75) is 19.8 Å². The molecule has 0 fully saturated rings. The number of hydrogen-bond acceptors (Lipinski definition) is 3. The lowest BCUT2D eigenvalue weighted by Gasteiger charge is -2.18. The summed E-state index contributed by atoms with van der Waals surface area (Å²) in [4.78, 5) is 22.1. The first kappa shape index (κ1) is 14.2. The minimum absolute atomic E-state index is 0.309. The van der Waals surface area contributed by atoms with Crippen LogP contribution in [0.15, 0.2) is 28.7 Å². The Morgan fingerprint density at radius 2 is 2.00 bits per heavy atom. The van der Waals surface area contributed by atoms with Gasteiger partial charge in [0, 0.05) is 10.0 Å². The van der Waals surface area contributed by atoms with E-state index in [9.17, 15) is 4.79 Å². The SMILES string of the molecule is CCCCON(OC)C(=O)c1ccc(Br)cc1. The van der Waals surface area contributed by atoms with Crippen molar-refractivity contribution in [1.82, 2.24) is 5.23 Å². The molecular formula is C12H16BrNO3. The van der Waals surface area contributed by atoms with Gasteiger partial charge in [0.1, 0.15) is 0 Å². The highest BCUT2D eigenvalue weighted by Crippen LogP contribution is 2.12. The maximum absolute atomic E-state index is 11.9. The molecule has 0 aromatic heterocycles. The normalized spacial score (nSPS) is 10.3. The predicted molar refractivity (Wildman–Crippen MR) is 68.2 cm³/mol. The summed E-state index contributed by atoms with van der Waals surface area (Å²) in [5.41, 5.74) is 0.520. The van der Waals surface area contributed by atoms with Crippen molar-refractivity contribution in [3.05, 3.63) is 34.3 Å². The number of halogens is 1. The molecule has 0 saturated heterocycles.